The lowest BCUT2D eigenvalue weighted by Crippen LogP contribution is -2.25. The van der Waals surface area contributed by atoms with Crippen molar-refractivity contribution in [3.05, 3.63) is 0 Å². The normalized spacial score (nSPS) is 24.3. The Balaban J connectivity index is 1.95. The molecule has 0 aromatic carbocycles. The minimum Gasteiger partial charge on any atom is -0.0654 e. The highest BCUT2D eigenvalue weighted by atomic mass is 14.3. The Morgan fingerprint density at radius 2 is 1.00 bits per heavy atom. The lowest BCUT2D eigenvalue weighted by atomic mass is 9.69. The summed E-state index contributed by atoms with van der Waals surface area (Å²) in [7, 11) is 0. The first-order valence-corrected chi connectivity index (χ1v) is 10.4. The van der Waals surface area contributed by atoms with Gasteiger partial charge in [-0.2, -0.15) is 0 Å². The molecule has 0 unspecified atom stereocenters. The molecular weight excluding hydrogens is 252 g/mol. The summed E-state index contributed by atoms with van der Waals surface area (Å²) in [5, 5.41) is 0. The van der Waals surface area contributed by atoms with Crippen LogP contribution in [0.4, 0.5) is 0 Å². The zero-order chi connectivity index (χ0) is 14.8. The van der Waals surface area contributed by atoms with Crippen LogP contribution in [0.15, 0.2) is 0 Å². The fourth-order valence-corrected chi connectivity index (χ4v) is 5.13. The molecular formula is C21H40. The van der Waals surface area contributed by atoms with Crippen molar-refractivity contribution >= 4 is 0 Å². The highest BCUT2D eigenvalue weighted by Crippen LogP contribution is 2.40. The van der Waals surface area contributed by atoms with Gasteiger partial charge in [-0.05, 0) is 24.2 Å². The molecule has 2 fully saturated rings. The van der Waals surface area contributed by atoms with Crippen molar-refractivity contribution in [1.29, 1.82) is 0 Å². The van der Waals surface area contributed by atoms with E-state index < -0.39 is 0 Å². The maximum Gasteiger partial charge on any atom is -0.0357 e. The summed E-state index contributed by atoms with van der Waals surface area (Å²) in [6.45, 7) is 2.38. The van der Waals surface area contributed by atoms with Gasteiger partial charge in [0.25, 0.3) is 0 Å². The van der Waals surface area contributed by atoms with Gasteiger partial charge in [0.2, 0.25) is 0 Å². The highest BCUT2D eigenvalue weighted by Gasteiger charge is 2.29. The van der Waals surface area contributed by atoms with Gasteiger partial charge in [0, 0.05) is 0 Å². The molecule has 0 aliphatic heterocycles. The van der Waals surface area contributed by atoms with Crippen molar-refractivity contribution in [2.45, 2.75) is 116 Å². The molecule has 0 amide bonds. The van der Waals surface area contributed by atoms with Crippen molar-refractivity contribution in [1.82, 2.24) is 0 Å². The molecule has 0 aromatic rings. The van der Waals surface area contributed by atoms with E-state index in [1.54, 1.807) is 32.1 Å². The molecule has 0 N–H and O–H groups in total. The molecule has 2 saturated carbocycles. The standard InChI is InChI=1S/C21H40/c1-2-3-18-21(19-14-10-6-4-7-11-15-19)20-16-12-8-5-9-13-17-20/h19-21H,2-18H2,1H3. The van der Waals surface area contributed by atoms with Gasteiger partial charge in [-0.1, -0.05) is 110 Å². The van der Waals surface area contributed by atoms with Crippen molar-refractivity contribution in [2.24, 2.45) is 17.8 Å². The molecule has 0 heterocycles. The number of hydrogen-bond donors (Lipinski definition) is 0. The first-order chi connectivity index (χ1) is 10.4. The van der Waals surface area contributed by atoms with Crippen molar-refractivity contribution < 1.29 is 0 Å². The summed E-state index contributed by atoms with van der Waals surface area (Å²) >= 11 is 0. The Morgan fingerprint density at radius 3 is 1.38 bits per heavy atom. The van der Waals surface area contributed by atoms with Crippen LogP contribution in [0.2, 0.25) is 0 Å². The van der Waals surface area contributed by atoms with Crippen molar-refractivity contribution in [3.63, 3.8) is 0 Å². The first-order valence-electron chi connectivity index (χ1n) is 10.4. The van der Waals surface area contributed by atoms with E-state index in [4.69, 9.17) is 0 Å². The lowest BCUT2D eigenvalue weighted by Gasteiger charge is -2.36. The summed E-state index contributed by atoms with van der Waals surface area (Å²) in [6.07, 6.45) is 25.9. The van der Waals surface area contributed by atoms with E-state index in [-0.39, 0.29) is 0 Å². The van der Waals surface area contributed by atoms with E-state index >= 15 is 0 Å². The molecule has 0 bridgehead atoms. The van der Waals surface area contributed by atoms with Gasteiger partial charge in [0.05, 0.1) is 0 Å². The number of hydrogen-bond acceptors (Lipinski definition) is 0. The average Bonchev–Trinajstić information content (AvgIpc) is 2.41. The van der Waals surface area contributed by atoms with Gasteiger partial charge in [0.1, 0.15) is 0 Å². The molecule has 0 nitrogen and oxygen atoms in total. The van der Waals surface area contributed by atoms with Gasteiger partial charge in [-0.25, -0.2) is 0 Å². The predicted octanol–water partition coefficient (Wildman–Crippen LogP) is 7.51. The topological polar surface area (TPSA) is 0 Å². The number of unbranched alkanes of at least 4 members (excludes halogenated alkanes) is 1. The Morgan fingerprint density at radius 1 is 0.619 bits per heavy atom. The van der Waals surface area contributed by atoms with Crippen molar-refractivity contribution in [3.8, 4) is 0 Å². The number of rotatable bonds is 5. The second-order valence-electron chi connectivity index (χ2n) is 8.02. The Hall–Kier alpha value is 0. The molecule has 0 radical (unpaired) electrons. The fourth-order valence-electron chi connectivity index (χ4n) is 5.13. The van der Waals surface area contributed by atoms with Gasteiger partial charge < -0.3 is 0 Å². The third kappa shape index (κ3) is 6.33. The minimum atomic E-state index is 1.08. The van der Waals surface area contributed by atoms with Crippen LogP contribution in [0, 0.1) is 17.8 Å². The summed E-state index contributed by atoms with van der Waals surface area (Å²) in [4.78, 5) is 0. The second-order valence-corrected chi connectivity index (χ2v) is 8.02. The summed E-state index contributed by atoms with van der Waals surface area (Å²) < 4.78 is 0. The SMILES string of the molecule is CCCCC(C1CCCCCCC1)C1CCCCCCC1. The molecule has 0 saturated heterocycles. The lowest BCUT2D eigenvalue weighted by molar-refractivity contribution is 0.148. The van der Waals surface area contributed by atoms with Gasteiger partial charge in [-0.3, -0.25) is 0 Å². The van der Waals surface area contributed by atoms with E-state index in [2.05, 4.69) is 6.92 Å². The molecule has 21 heavy (non-hydrogen) atoms. The first kappa shape index (κ1) is 17.4. The van der Waals surface area contributed by atoms with Gasteiger partial charge in [0.15, 0.2) is 0 Å². The molecule has 124 valence electrons. The highest BCUT2D eigenvalue weighted by molar-refractivity contribution is 4.80. The molecule has 0 atom stereocenters. The zero-order valence-electron chi connectivity index (χ0n) is 14.8. The Labute approximate surface area is 134 Å². The fraction of sp³-hybridized carbons (Fsp3) is 1.00. The maximum atomic E-state index is 2.38. The zero-order valence-corrected chi connectivity index (χ0v) is 14.8. The van der Waals surface area contributed by atoms with Crippen LogP contribution in [-0.4, -0.2) is 0 Å². The van der Waals surface area contributed by atoms with Crippen LogP contribution in [0.1, 0.15) is 116 Å². The van der Waals surface area contributed by atoms with E-state index in [9.17, 15) is 0 Å². The molecule has 2 rings (SSSR count). The van der Waals surface area contributed by atoms with Crippen LogP contribution in [-0.2, 0) is 0 Å². The molecule has 0 spiro atoms. The van der Waals surface area contributed by atoms with Crippen LogP contribution in [0.3, 0.4) is 0 Å². The Kier molecular flexibility index (Phi) is 8.83. The molecule has 2 aliphatic rings. The van der Waals surface area contributed by atoms with Crippen LogP contribution in [0.25, 0.3) is 0 Å². The van der Waals surface area contributed by atoms with Gasteiger partial charge >= 0.3 is 0 Å². The predicted molar refractivity (Wildman–Crippen MR) is 94.6 cm³/mol. The maximum absolute atomic E-state index is 2.38. The third-order valence-electron chi connectivity index (χ3n) is 6.40. The molecule has 2 aliphatic carbocycles. The quantitative estimate of drug-likeness (QED) is 0.491. The second kappa shape index (κ2) is 10.7. The monoisotopic (exact) mass is 292 g/mol. The van der Waals surface area contributed by atoms with Gasteiger partial charge in [-0.15, -0.1) is 0 Å². The molecule has 0 heteroatoms. The van der Waals surface area contributed by atoms with Crippen molar-refractivity contribution in [2.75, 3.05) is 0 Å². The van der Waals surface area contributed by atoms with E-state index in [0.29, 0.717) is 0 Å². The van der Waals surface area contributed by atoms with E-state index in [1.165, 1.54) is 77.0 Å². The molecule has 0 aromatic heterocycles. The minimum absolute atomic E-state index is 1.08. The largest absolute Gasteiger partial charge is 0.0654 e. The summed E-state index contributed by atoms with van der Waals surface area (Å²) in [6, 6.07) is 0. The summed E-state index contributed by atoms with van der Waals surface area (Å²) in [5.41, 5.74) is 0. The van der Waals surface area contributed by atoms with Crippen LogP contribution in [0.5, 0.6) is 0 Å². The average molecular weight is 293 g/mol. The van der Waals surface area contributed by atoms with Crippen LogP contribution < -0.4 is 0 Å². The summed E-state index contributed by atoms with van der Waals surface area (Å²) in [5.74, 6) is 3.25. The van der Waals surface area contributed by atoms with Crippen LogP contribution >= 0.6 is 0 Å². The van der Waals surface area contributed by atoms with E-state index in [1.807, 2.05) is 0 Å². The Bertz CT molecular complexity index is 206. The van der Waals surface area contributed by atoms with E-state index in [0.717, 1.165) is 17.8 Å². The third-order valence-corrected chi connectivity index (χ3v) is 6.40. The smallest absolute Gasteiger partial charge is 0.0357 e.